The van der Waals surface area contributed by atoms with Gasteiger partial charge in [0.2, 0.25) is 11.9 Å². The van der Waals surface area contributed by atoms with Gasteiger partial charge in [-0.25, -0.2) is 9.59 Å². The second-order valence-corrected chi connectivity index (χ2v) is 3.50. The van der Waals surface area contributed by atoms with Crippen LogP contribution in [-0.4, -0.2) is 54.6 Å². The van der Waals surface area contributed by atoms with Crippen molar-refractivity contribution in [3.8, 4) is 0 Å². The van der Waals surface area contributed by atoms with Crippen LogP contribution in [-0.2, 0) is 23.9 Å². The van der Waals surface area contributed by atoms with E-state index in [2.05, 4.69) is 0 Å². The number of β-lactam (4-membered cyclic amide) rings is 1. The fourth-order valence-electron chi connectivity index (χ4n) is 1.51. The maximum absolute atomic E-state index is 11.6. The van der Waals surface area contributed by atoms with E-state index in [1.807, 2.05) is 0 Å². The first-order valence-corrected chi connectivity index (χ1v) is 5.42. The van der Waals surface area contributed by atoms with E-state index in [1.165, 1.54) is 0 Å². The minimum absolute atomic E-state index is 0.128. The Bertz CT molecular complexity index is 313. The van der Waals surface area contributed by atoms with Gasteiger partial charge in [-0.15, -0.1) is 0 Å². The Balaban J connectivity index is 2.76. The Hall–Kier alpha value is -1.63. The molecule has 0 bridgehead atoms. The third-order valence-corrected chi connectivity index (χ3v) is 2.33. The molecule has 0 spiro atoms. The van der Waals surface area contributed by atoms with Crippen LogP contribution in [0.1, 0.15) is 13.8 Å². The fraction of sp³-hybridized carbons (Fsp3) is 0.700. The second-order valence-electron chi connectivity index (χ2n) is 3.50. The van der Waals surface area contributed by atoms with Crippen LogP contribution in [0.25, 0.3) is 0 Å². The number of carbonyl (C=O) groups is 3. The van der Waals surface area contributed by atoms with E-state index in [0.29, 0.717) is 0 Å². The lowest BCUT2D eigenvalue weighted by Crippen LogP contribution is -2.67. The van der Waals surface area contributed by atoms with Crippen LogP contribution in [0.2, 0.25) is 0 Å². The summed E-state index contributed by atoms with van der Waals surface area (Å²) in [6, 6.07) is -1.98. The summed E-state index contributed by atoms with van der Waals surface area (Å²) >= 11 is 0. The van der Waals surface area contributed by atoms with Gasteiger partial charge in [0.1, 0.15) is 6.04 Å². The summed E-state index contributed by atoms with van der Waals surface area (Å²) in [5, 5.41) is 0. The minimum atomic E-state index is -1.33. The molecule has 17 heavy (non-hydrogen) atoms. The van der Waals surface area contributed by atoms with Crippen molar-refractivity contribution >= 4 is 17.8 Å². The van der Waals surface area contributed by atoms with Crippen molar-refractivity contribution < 1.29 is 23.9 Å². The van der Waals surface area contributed by atoms with Crippen LogP contribution in [0.15, 0.2) is 0 Å². The molecule has 7 heteroatoms. The highest BCUT2D eigenvalue weighted by atomic mass is 16.6. The van der Waals surface area contributed by atoms with Crippen LogP contribution in [0.5, 0.6) is 0 Å². The maximum Gasteiger partial charge on any atom is 0.340 e. The number of likely N-dealkylation sites (tertiary alicyclic amines) is 1. The Morgan fingerprint density at radius 3 is 2.12 bits per heavy atom. The maximum atomic E-state index is 11.6. The molecule has 0 saturated carbocycles. The number of carbonyl (C=O) groups excluding carboxylic acids is 3. The highest BCUT2D eigenvalue weighted by Crippen LogP contribution is 2.15. The van der Waals surface area contributed by atoms with Gasteiger partial charge >= 0.3 is 11.9 Å². The van der Waals surface area contributed by atoms with E-state index in [0.717, 1.165) is 4.90 Å². The second kappa shape index (κ2) is 5.62. The number of amides is 1. The number of ether oxygens (including phenoxy) is 2. The molecule has 1 atom stereocenters. The van der Waals surface area contributed by atoms with E-state index < -0.39 is 29.9 Å². The van der Waals surface area contributed by atoms with Gasteiger partial charge in [-0.1, -0.05) is 0 Å². The normalized spacial score (nSPS) is 18.9. The topological polar surface area (TPSA) is 98.9 Å². The number of nitrogens with zero attached hydrogens (tertiary/aromatic N) is 1. The Labute approximate surface area is 98.8 Å². The van der Waals surface area contributed by atoms with Gasteiger partial charge in [0, 0.05) is 6.54 Å². The average molecular weight is 244 g/mol. The molecular weight excluding hydrogens is 228 g/mol. The van der Waals surface area contributed by atoms with Gasteiger partial charge in [-0.05, 0) is 13.8 Å². The first-order valence-electron chi connectivity index (χ1n) is 5.42. The molecule has 1 heterocycles. The average Bonchev–Trinajstić information content (AvgIpc) is 2.29. The van der Waals surface area contributed by atoms with Crippen molar-refractivity contribution in [2.75, 3.05) is 19.8 Å². The number of rotatable bonds is 5. The van der Waals surface area contributed by atoms with Crippen molar-refractivity contribution in [3.63, 3.8) is 0 Å². The molecule has 1 rings (SSSR count). The van der Waals surface area contributed by atoms with Gasteiger partial charge in [-0.3, -0.25) is 4.79 Å². The summed E-state index contributed by atoms with van der Waals surface area (Å²) in [7, 11) is 0. The van der Waals surface area contributed by atoms with Crippen molar-refractivity contribution in [2.24, 2.45) is 5.73 Å². The standard InChI is InChI=1S/C10H16N2O5/c1-3-16-9(14)7(10(15)17-4-2)12-5-6(11)8(12)13/h6-7H,3-5,11H2,1-2H3. The molecule has 0 radical (unpaired) electrons. The van der Waals surface area contributed by atoms with Crippen LogP contribution >= 0.6 is 0 Å². The quantitative estimate of drug-likeness (QED) is 0.365. The lowest BCUT2D eigenvalue weighted by atomic mass is 10.1. The lowest BCUT2D eigenvalue weighted by Gasteiger charge is -2.39. The molecule has 7 nitrogen and oxygen atoms in total. The number of esters is 2. The van der Waals surface area contributed by atoms with Crippen molar-refractivity contribution in [1.29, 1.82) is 0 Å². The predicted molar refractivity (Wildman–Crippen MR) is 56.7 cm³/mol. The van der Waals surface area contributed by atoms with E-state index in [9.17, 15) is 14.4 Å². The molecule has 2 N–H and O–H groups in total. The molecule has 96 valence electrons. The monoisotopic (exact) mass is 244 g/mol. The van der Waals surface area contributed by atoms with Crippen molar-refractivity contribution in [3.05, 3.63) is 0 Å². The summed E-state index contributed by atoms with van der Waals surface area (Å²) in [5.41, 5.74) is 5.40. The van der Waals surface area contributed by atoms with Crippen LogP contribution in [0.4, 0.5) is 0 Å². The van der Waals surface area contributed by atoms with Crippen molar-refractivity contribution in [1.82, 2.24) is 4.90 Å². The summed E-state index contributed by atoms with van der Waals surface area (Å²) in [6.45, 7) is 3.64. The van der Waals surface area contributed by atoms with Crippen molar-refractivity contribution in [2.45, 2.75) is 25.9 Å². The van der Waals surface area contributed by atoms with E-state index >= 15 is 0 Å². The summed E-state index contributed by atoms with van der Waals surface area (Å²) in [5.74, 6) is -2.02. The summed E-state index contributed by atoms with van der Waals surface area (Å²) in [4.78, 5) is 35.7. The molecule has 1 aliphatic rings. The van der Waals surface area contributed by atoms with Gasteiger partial charge in [0.25, 0.3) is 0 Å². The third-order valence-electron chi connectivity index (χ3n) is 2.33. The molecular formula is C10H16N2O5. The van der Waals surface area contributed by atoms with Crippen LogP contribution < -0.4 is 5.73 Å². The molecule has 1 fully saturated rings. The summed E-state index contributed by atoms with van der Waals surface area (Å²) < 4.78 is 9.47. The Morgan fingerprint density at radius 1 is 1.35 bits per heavy atom. The minimum Gasteiger partial charge on any atom is -0.464 e. The SMILES string of the molecule is CCOC(=O)C(C(=O)OCC)N1CC(N)C1=O. The number of hydrogen-bond acceptors (Lipinski definition) is 6. The number of hydrogen-bond donors (Lipinski definition) is 1. The number of nitrogens with two attached hydrogens (primary N) is 1. The third kappa shape index (κ3) is 2.73. The molecule has 0 aromatic heterocycles. The van der Waals surface area contributed by atoms with E-state index in [4.69, 9.17) is 15.2 Å². The predicted octanol–water partition coefficient (Wildman–Crippen LogP) is -1.35. The Morgan fingerprint density at radius 2 is 1.82 bits per heavy atom. The zero-order chi connectivity index (χ0) is 13.0. The van der Waals surface area contributed by atoms with Gasteiger partial charge in [-0.2, -0.15) is 0 Å². The molecule has 1 saturated heterocycles. The van der Waals surface area contributed by atoms with Crippen LogP contribution in [0.3, 0.4) is 0 Å². The highest BCUT2D eigenvalue weighted by Gasteiger charge is 2.46. The molecule has 0 aliphatic carbocycles. The zero-order valence-electron chi connectivity index (χ0n) is 9.84. The first-order chi connectivity index (χ1) is 8.02. The lowest BCUT2D eigenvalue weighted by molar-refractivity contribution is -0.173. The van der Waals surface area contributed by atoms with E-state index in [-0.39, 0.29) is 19.8 Å². The smallest absolute Gasteiger partial charge is 0.340 e. The van der Waals surface area contributed by atoms with Gasteiger partial charge in [0.05, 0.1) is 13.2 Å². The van der Waals surface area contributed by atoms with Gasteiger partial charge < -0.3 is 20.1 Å². The van der Waals surface area contributed by atoms with Gasteiger partial charge in [0.15, 0.2) is 0 Å². The molecule has 1 aliphatic heterocycles. The highest BCUT2D eigenvalue weighted by molar-refractivity contribution is 6.04. The Kier molecular flexibility index (Phi) is 4.45. The first kappa shape index (κ1) is 13.4. The summed E-state index contributed by atoms with van der Waals surface area (Å²) in [6.07, 6.45) is 0. The molecule has 1 unspecified atom stereocenters. The zero-order valence-corrected chi connectivity index (χ0v) is 9.84. The molecule has 0 aromatic rings. The fourth-order valence-corrected chi connectivity index (χ4v) is 1.51. The largest absolute Gasteiger partial charge is 0.464 e. The molecule has 0 aromatic carbocycles. The van der Waals surface area contributed by atoms with E-state index in [1.54, 1.807) is 13.8 Å². The van der Waals surface area contributed by atoms with Crippen LogP contribution in [0, 0.1) is 0 Å². The molecule has 1 amide bonds.